The van der Waals surface area contributed by atoms with E-state index in [9.17, 15) is 0 Å². The fourth-order valence-electron chi connectivity index (χ4n) is 1.13. The van der Waals surface area contributed by atoms with E-state index in [1.165, 1.54) is 0 Å². The number of ether oxygens (including phenoxy) is 1. The molecule has 0 radical (unpaired) electrons. The predicted molar refractivity (Wildman–Crippen MR) is 79.4 cm³/mol. The van der Waals surface area contributed by atoms with Gasteiger partial charge in [0, 0.05) is 19.3 Å². The Balaban J connectivity index is 0.000000567. The standard InChI is InChI=1S/C10H18BrN3O.C2H2O4/c1-8(13(2)3)5-6-15-10-12-9(11)7-14(10)4;3-1(4)2(5)6/h7-8H,5-6H2,1-4H3;(H,3,4)(H,5,6). The van der Waals surface area contributed by atoms with Crippen molar-refractivity contribution in [2.45, 2.75) is 19.4 Å². The molecule has 0 aliphatic carbocycles. The van der Waals surface area contributed by atoms with Crippen LogP contribution in [0.3, 0.4) is 0 Å². The average Bonchev–Trinajstić information content (AvgIpc) is 2.68. The van der Waals surface area contributed by atoms with Crippen molar-refractivity contribution < 1.29 is 24.5 Å². The van der Waals surface area contributed by atoms with Gasteiger partial charge in [0.1, 0.15) is 4.60 Å². The van der Waals surface area contributed by atoms with Crippen molar-refractivity contribution in [2.24, 2.45) is 7.05 Å². The van der Waals surface area contributed by atoms with Gasteiger partial charge >= 0.3 is 11.9 Å². The number of carboxylic acids is 2. The molecule has 0 aliphatic rings. The maximum absolute atomic E-state index is 9.10. The van der Waals surface area contributed by atoms with E-state index in [1.54, 1.807) is 0 Å². The Morgan fingerprint density at radius 3 is 2.29 bits per heavy atom. The van der Waals surface area contributed by atoms with Crippen molar-refractivity contribution in [1.29, 1.82) is 0 Å². The van der Waals surface area contributed by atoms with Gasteiger partial charge in [-0.15, -0.1) is 0 Å². The minimum atomic E-state index is -1.82. The molecule has 1 aromatic rings. The van der Waals surface area contributed by atoms with E-state index < -0.39 is 11.9 Å². The summed E-state index contributed by atoms with van der Waals surface area (Å²) in [6, 6.07) is 1.18. The molecule has 9 heteroatoms. The van der Waals surface area contributed by atoms with Gasteiger partial charge in [0.25, 0.3) is 6.01 Å². The number of carboxylic acid groups (broad SMARTS) is 2. The van der Waals surface area contributed by atoms with Crippen LogP contribution in [0.15, 0.2) is 10.8 Å². The Morgan fingerprint density at radius 2 is 1.95 bits per heavy atom. The maximum Gasteiger partial charge on any atom is 0.414 e. The van der Waals surface area contributed by atoms with Crippen LogP contribution in [0.2, 0.25) is 0 Å². The van der Waals surface area contributed by atoms with Gasteiger partial charge in [-0.05, 0) is 43.4 Å². The molecule has 21 heavy (non-hydrogen) atoms. The Bertz CT molecular complexity index is 463. The van der Waals surface area contributed by atoms with Gasteiger partial charge < -0.3 is 24.4 Å². The van der Waals surface area contributed by atoms with Gasteiger partial charge in [-0.3, -0.25) is 0 Å². The molecule has 1 rings (SSSR count). The summed E-state index contributed by atoms with van der Waals surface area (Å²) in [7, 11) is 6.06. The highest BCUT2D eigenvalue weighted by atomic mass is 79.9. The van der Waals surface area contributed by atoms with Crippen molar-refractivity contribution in [2.75, 3.05) is 20.7 Å². The highest BCUT2D eigenvalue weighted by Crippen LogP contribution is 2.14. The normalized spacial score (nSPS) is 11.5. The van der Waals surface area contributed by atoms with Gasteiger partial charge in [-0.25, -0.2) is 9.59 Å². The summed E-state index contributed by atoms with van der Waals surface area (Å²) in [5, 5.41) is 14.8. The first-order chi connectivity index (χ1) is 9.65. The summed E-state index contributed by atoms with van der Waals surface area (Å²) in [6.45, 7) is 2.87. The number of rotatable bonds is 5. The van der Waals surface area contributed by atoms with E-state index in [1.807, 2.05) is 17.8 Å². The van der Waals surface area contributed by atoms with Crippen LogP contribution < -0.4 is 4.74 Å². The fourth-order valence-corrected chi connectivity index (χ4v) is 1.59. The van der Waals surface area contributed by atoms with Gasteiger partial charge in [-0.1, -0.05) is 0 Å². The van der Waals surface area contributed by atoms with Crippen molar-refractivity contribution in [3.05, 3.63) is 10.8 Å². The van der Waals surface area contributed by atoms with Gasteiger partial charge in [0.05, 0.1) is 6.61 Å². The van der Waals surface area contributed by atoms with E-state index >= 15 is 0 Å². The molecule has 1 heterocycles. The molecular formula is C12H20BrN3O5. The minimum Gasteiger partial charge on any atom is -0.473 e. The second-order valence-corrected chi connectivity index (χ2v) is 5.33. The zero-order valence-corrected chi connectivity index (χ0v) is 14.0. The molecule has 1 atom stereocenters. The number of halogens is 1. The zero-order valence-electron chi connectivity index (χ0n) is 12.4. The molecular weight excluding hydrogens is 346 g/mol. The van der Waals surface area contributed by atoms with Crippen molar-refractivity contribution >= 4 is 27.9 Å². The molecule has 120 valence electrons. The number of hydrogen-bond acceptors (Lipinski definition) is 5. The molecule has 0 saturated heterocycles. The van der Waals surface area contributed by atoms with Gasteiger partial charge in [-0.2, -0.15) is 4.98 Å². The lowest BCUT2D eigenvalue weighted by Crippen LogP contribution is -2.26. The van der Waals surface area contributed by atoms with Crippen LogP contribution in [-0.2, 0) is 16.6 Å². The second-order valence-electron chi connectivity index (χ2n) is 4.52. The summed E-state index contributed by atoms with van der Waals surface area (Å²) in [4.78, 5) is 24.6. The first-order valence-electron chi connectivity index (χ1n) is 6.09. The van der Waals surface area contributed by atoms with Gasteiger partial charge in [0.2, 0.25) is 0 Å². The minimum absolute atomic E-state index is 0.522. The van der Waals surface area contributed by atoms with E-state index in [2.05, 4.69) is 46.8 Å². The van der Waals surface area contributed by atoms with Crippen LogP contribution >= 0.6 is 15.9 Å². The molecule has 0 amide bonds. The quantitative estimate of drug-likeness (QED) is 0.751. The Kier molecular flexibility index (Phi) is 8.63. The summed E-state index contributed by atoms with van der Waals surface area (Å²) in [5.41, 5.74) is 0. The Labute approximate surface area is 131 Å². The number of aryl methyl sites for hydroxylation is 1. The van der Waals surface area contributed by atoms with Crippen LogP contribution in [0, 0.1) is 0 Å². The molecule has 0 spiro atoms. The van der Waals surface area contributed by atoms with Crippen LogP contribution in [0.25, 0.3) is 0 Å². The highest BCUT2D eigenvalue weighted by molar-refractivity contribution is 9.10. The predicted octanol–water partition coefficient (Wildman–Crippen LogP) is 1.06. The summed E-state index contributed by atoms with van der Waals surface area (Å²) < 4.78 is 8.25. The molecule has 0 aromatic carbocycles. The molecule has 0 fully saturated rings. The molecule has 8 nitrogen and oxygen atoms in total. The molecule has 1 aromatic heterocycles. The third-order valence-corrected chi connectivity index (χ3v) is 3.02. The molecule has 1 unspecified atom stereocenters. The van der Waals surface area contributed by atoms with E-state index in [0.29, 0.717) is 18.7 Å². The Hall–Kier alpha value is -1.61. The lowest BCUT2D eigenvalue weighted by atomic mass is 10.2. The molecule has 0 aliphatic heterocycles. The smallest absolute Gasteiger partial charge is 0.414 e. The topological polar surface area (TPSA) is 105 Å². The van der Waals surface area contributed by atoms with Crippen molar-refractivity contribution in [3.8, 4) is 6.01 Å². The number of hydrogen-bond donors (Lipinski definition) is 2. The fraction of sp³-hybridized carbons (Fsp3) is 0.583. The van der Waals surface area contributed by atoms with E-state index in [-0.39, 0.29) is 0 Å². The van der Waals surface area contributed by atoms with Gasteiger partial charge in [0.15, 0.2) is 0 Å². The van der Waals surface area contributed by atoms with Crippen molar-refractivity contribution in [1.82, 2.24) is 14.5 Å². The van der Waals surface area contributed by atoms with Crippen LogP contribution in [0.1, 0.15) is 13.3 Å². The number of aromatic nitrogens is 2. The lowest BCUT2D eigenvalue weighted by molar-refractivity contribution is -0.159. The molecule has 2 N–H and O–H groups in total. The maximum atomic E-state index is 9.10. The lowest BCUT2D eigenvalue weighted by Gasteiger charge is -2.19. The number of carbonyl (C=O) groups is 2. The average molecular weight is 366 g/mol. The van der Waals surface area contributed by atoms with Crippen LogP contribution in [-0.4, -0.2) is 63.3 Å². The summed E-state index contributed by atoms with van der Waals surface area (Å²) >= 11 is 3.31. The second kappa shape index (κ2) is 9.35. The SMILES string of the molecule is CC(CCOc1nc(Br)cn1C)N(C)C.O=C(O)C(=O)O. The first kappa shape index (κ1) is 19.4. The number of imidazole rings is 1. The van der Waals surface area contributed by atoms with Crippen LogP contribution in [0.5, 0.6) is 6.01 Å². The monoisotopic (exact) mass is 365 g/mol. The summed E-state index contributed by atoms with van der Waals surface area (Å²) in [6.07, 6.45) is 2.88. The molecule has 0 saturated carbocycles. The zero-order chi connectivity index (χ0) is 16.6. The third-order valence-electron chi connectivity index (χ3n) is 2.64. The highest BCUT2D eigenvalue weighted by Gasteiger charge is 2.07. The third kappa shape index (κ3) is 8.30. The van der Waals surface area contributed by atoms with E-state index in [0.717, 1.165) is 11.0 Å². The Morgan fingerprint density at radius 1 is 1.43 bits per heavy atom. The van der Waals surface area contributed by atoms with E-state index in [4.69, 9.17) is 24.5 Å². The first-order valence-corrected chi connectivity index (χ1v) is 6.88. The number of nitrogens with zero attached hydrogens (tertiary/aromatic N) is 3. The van der Waals surface area contributed by atoms with Crippen molar-refractivity contribution in [3.63, 3.8) is 0 Å². The van der Waals surface area contributed by atoms with Crippen LogP contribution in [0.4, 0.5) is 0 Å². The summed E-state index contributed by atoms with van der Waals surface area (Å²) in [5.74, 6) is -3.65. The number of aliphatic carboxylic acids is 2. The largest absolute Gasteiger partial charge is 0.473 e. The molecule has 0 bridgehead atoms.